The number of hydrogen-bond acceptors (Lipinski definition) is 4. The molecule has 0 bridgehead atoms. The van der Waals surface area contributed by atoms with E-state index in [9.17, 15) is 0 Å². The monoisotopic (exact) mass is 271 g/mol. The van der Waals surface area contributed by atoms with Crippen molar-refractivity contribution in [3.63, 3.8) is 0 Å². The molecule has 0 aliphatic carbocycles. The van der Waals surface area contributed by atoms with Crippen LogP contribution >= 0.6 is 0 Å². The fraction of sp³-hybridized carbons (Fsp3) is 0.375. The van der Waals surface area contributed by atoms with Crippen LogP contribution in [0.4, 0.5) is 0 Å². The van der Waals surface area contributed by atoms with Gasteiger partial charge >= 0.3 is 6.01 Å². The SMILES string of the molecule is CCC(c1ccccc1)N(C)Cc1cnc(OC)nc1. The summed E-state index contributed by atoms with van der Waals surface area (Å²) in [5.41, 5.74) is 2.43. The average molecular weight is 271 g/mol. The zero-order valence-corrected chi connectivity index (χ0v) is 12.3. The Hall–Kier alpha value is -1.94. The summed E-state index contributed by atoms with van der Waals surface area (Å²) in [7, 11) is 3.70. The number of aromatic nitrogens is 2. The molecule has 0 amide bonds. The lowest BCUT2D eigenvalue weighted by Crippen LogP contribution is -2.23. The third-order valence-electron chi connectivity index (χ3n) is 3.40. The van der Waals surface area contributed by atoms with Gasteiger partial charge in [0.15, 0.2) is 0 Å². The fourth-order valence-corrected chi connectivity index (χ4v) is 2.41. The van der Waals surface area contributed by atoms with Crippen molar-refractivity contribution < 1.29 is 4.74 Å². The Bertz CT molecular complexity index is 513. The topological polar surface area (TPSA) is 38.2 Å². The predicted molar refractivity (Wildman–Crippen MR) is 79.5 cm³/mol. The van der Waals surface area contributed by atoms with Gasteiger partial charge in [0.05, 0.1) is 7.11 Å². The fourth-order valence-electron chi connectivity index (χ4n) is 2.41. The second-order valence-electron chi connectivity index (χ2n) is 4.83. The molecule has 2 aromatic rings. The second-order valence-corrected chi connectivity index (χ2v) is 4.83. The Balaban J connectivity index is 2.07. The molecular weight excluding hydrogens is 250 g/mol. The predicted octanol–water partition coefficient (Wildman–Crippen LogP) is 3.07. The summed E-state index contributed by atoms with van der Waals surface area (Å²) in [6.45, 7) is 3.02. The summed E-state index contributed by atoms with van der Waals surface area (Å²) in [5, 5.41) is 0. The van der Waals surface area contributed by atoms with E-state index in [1.807, 2.05) is 18.5 Å². The number of ether oxygens (including phenoxy) is 1. The van der Waals surface area contributed by atoms with Crippen molar-refractivity contribution in [1.82, 2.24) is 14.9 Å². The highest BCUT2D eigenvalue weighted by molar-refractivity contribution is 5.19. The summed E-state index contributed by atoms with van der Waals surface area (Å²) in [4.78, 5) is 10.6. The minimum atomic E-state index is 0.401. The Morgan fingerprint density at radius 2 is 1.80 bits per heavy atom. The third-order valence-corrected chi connectivity index (χ3v) is 3.40. The Kier molecular flexibility index (Phi) is 5.07. The molecule has 1 aromatic carbocycles. The molecule has 0 saturated carbocycles. The van der Waals surface area contributed by atoms with Crippen LogP contribution in [-0.2, 0) is 6.54 Å². The highest BCUT2D eigenvalue weighted by Gasteiger charge is 2.15. The Morgan fingerprint density at radius 1 is 1.15 bits per heavy atom. The number of nitrogens with zero attached hydrogens (tertiary/aromatic N) is 3. The van der Waals surface area contributed by atoms with Crippen LogP contribution in [0.2, 0.25) is 0 Å². The van der Waals surface area contributed by atoms with Crippen molar-refractivity contribution in [2.75, 3.05) is 14.2 Å². The standard InChI is InChI=1S/C16H21N3O/c1-4-15(14-8-6-5-7-9-14)19(2)12-13-10-17-16(20-3)18-11-13/h5-11,15H,4,12H2,1-3H3. The molecule has 0 saturated heterocycles. The van der Waals surface area contributed by atoms with Crippen molar-refractivity contribution in [1.29, 1.82) is 0 Å². The quantitative estimate of drug-likeness (QED) is 0.809. The van der Waals surface area contributed by atoms with Gasteiger partial charge in [0.1, 0.15) is 0 Å². The third kappa shape index (κ3) is 3.54. The van der Waals surface area contributed by atoms with Gasteiger partial charge in [0.2, 0.25) is 0 Å². The molecule has 0 fully saturated rings. The largest absolute Gasteiger partial charge is 0.467 e. The van der Waals surface area contributed by atoms with E-state index in [4.69, 9.17) is 4.74 Å². The molecule has 20 heavy (non-hydrogen) atoms. The number of methoxy groups -OCH3 is 1. The van der Waals surface area contributed by atoms with Gasteiger partial charge < -0.3 is 4.74 Å². The Labute approximate surface area is 120 Å². The van der Waals surface area contributed by atoms with Crippen molar-refractivity contribution in [2.45, 2.75) is 25.9 Å². The first-order valence-electron chi connectivity index (χ1n) is 6.84. The lowest BCUT2D eigenvalue weighted by Gasteiger charge is -2.27. The van der Waals surface area contributed by atoms with Gasteiger partial charge in [-0.15, -0.1) is 0 Å². The molecule has 1 heterocycles. The minimum absolute atomic E-state index is 0.401. The highest BCUT2D eigenvalue weighted by atomic mass is 16.5. The van der Waals surface area contributed by atoms with E-state index in [0.29, 0.717) is 12.1 Å². The lowest BCUT2D eigenvalue weighted by atomic mass is 10.0. The Morgan fingerprint density at radius 3 is 2.35 bits per heavy atom. The maximum absolute atomic E-state index is 4.98. The molecule has 4 heteroatoms. The van der Waals surface area contributed by atoms with Gasteiger partial charge in [-0.1, -0.05) is 37.3 Å². The molecule has 1 unspecified atom stereocenters. The van der Waals surface area contributed by atoms with E-state index in [1.54, 1.807) is 7.11 Å². The first kappa shape index (κ1) is 14.5. The van der Waals surface area contributed by atoms with Crippen LogP contribution in [0.3, 0.4) is 0 Å². The second kappa shape index (κ2) is 7.01. The van der Waals surface area contributed by atoms with Gasteiger partial charge in [-0.3, -0.25) is 4.90 Å². The van der Waals surface area contributed by atoms with Gasteiger partial charge in [-0.25, -0.2) is 9.97 Å². The molecule has 2 rings (SSSR count). The zero-order chi connectivity index (χ0) is 14.4. The van der Waals surface area contributed by atoms with E-state index in [0.717, 1.165) is 18.5 Å². The van der Waals surface area contributed by atoms with Crippen LogP contribution in [0.1, 0.15) is 30.5 Å². The summed E-state index contributed by atoms with van der Waals surface area (Å²) in [5.74, 6) is 0. The summed E-state index contributed by atoms with van der Waals surface area (Å²) in [6, 6.07) is 11.4. The first-order chi connectivity index (χ1) is 9.74. The van der Waals surface area contributed by atoms with E-state index in [1.165, 1.54) is 5.56 Å². The maximum atomic E-state index is 4.98. The van der Waals surface area contributed by atoms with Crippen molar-refractivity contribution in [2.24, 2.45) is 0 Å². The number of rotatable bonds is 6. The molecule has 1 atom stereocenters. The van der Waals surface area contributed by atoms with E-state index < -0.39 is 0 Å². The van der Waals surface area contributed by atoms with Gasteiger partial charge in [-0.2, -0.15) is 0 Å². The maximum Gasteiger partial charge on any atom is 0.316 e. The number of hydrogen-bond donors (Lipinski definition) is 0. The van der Waals surface area contributed by atoms with Gasteiger partial charge in [-0.05, 0) is 19.0 Å². The highest BCUT2D eigenvalue weighted by Crippen LogP contribution is 2.24. The van der Waals surface area contributed by atoms with Crippen LogP contribution in [0, 0.1) is 0 Å². The molecular formula is C16H21N3O. The van der Waals surface area contributed by atoms with Crippen LogP contribution in [0.15, 0.2) is 42.7 Å². The van der Waals surface area contributed by atoms with Crippen LogP contribution < -0.4 is 4.74 Å². The van der Waals surface area contributed by atoms with Crippen LogP contribution in [-0.4, -0.2) is 29.0 Å². The molecule has 0 aliphatic heterocycles. The smallest absolute Gasteiger partial charge is 0.316 e. The van der Waals surface area contributed by atoms with Gasteiger partial charge in [0.25, 0.3) is 0 Å². The normalized spacial score (nSPS) is 12.4. The molecule has 0 N–H and O–H groups in total. The van der Waals surface area contributed by atoms with Crippen LogP contribution in [0.5, 0.6) is 6.01 Å². The molecule has 0 aliphatic rings. The molecule has 0 radical (unpaired) electrons. The van der Waals surface area contributed by atoms with Crippen molar-refractivity contribution in [3.05, 3.63) is 53.9 Å². The molecule has 106 valence electrons. The summed E-state index contributed by atoms with van der Waals surface area (Å²) >= 11 is 0. The van der Waals surface area contributed by atoms with E-state index in [-0.39, 0.29) is 0 Å². The van der Waals surface area contributed by atoms with E-state index >= 15 is 0 Å². The van der Waals surface area contributed by atoms with Crippen molar-refractivity contribution >= 4 is 0 Å². The van der Waals surface area contributed by atoms with Crippen molar-refractivity contribution in [3.8, 4) is 6.01 Å². The average Bonchev–Trinajstić information content (AvgIpc) is 2.50. The zero-order valence-electron chi connectivity index (χ0n) is 12.3. The summed E-state index contributed by atoms with van der Waals surface area (Å²) < 4.78 is 4.98. The lowest BCUT2D eigenvalue weighted by molar-refractivity contribution is 0.229. The number of benzene rings is 1. The summed E-state index contributed by atoms with van der Waals surface area (Å²) in [6.07, 6.45) is 4.71. The minimum Gasteiger partial charge on any atom is -0.467 e. The molecule has 0 spiro atoms. The van der Waals surface area contributed by atoms with Gasteiger partial charge in [0, 0.05) is 30.5 Å². The first-order valence-corrected chi connectivity index (χ1v) is 6.84. The van der Waals surface area contributed by atoms with Crippen LogP contribution in [0.25, 0.3) is 0 Å². The molecule has 1 aromatic heterocycles. The molecule has 4 nitrogen and oxygen atoms in total. The van der Waals surface area contributed by atoms with E-state index in [2.05, 4.69) is 53.1 Å².